The molecule has 2 atom stereocenters. The molecule has 0 nitrogen and oxygen atoms in total. The molecule has 0 aromatic heterocycles. The van der Waals surface area contributed by atoms with Gasteiger partial charge in [0.25, 0.3) is 0 Å². The van der Waals surface area contributed by atoms with E-state index in [9.17, 15) is 0 Å². The van der Waals surface area contributed by atoms with E-state index in [2.05, 4.69) is 92.6 Å². The normalized spacial score (nSPS) is 25.4. The lowest BCUT2D eigenvalue weighted by Gasteiger charge is -2.51. The predicted molar refractivity (Wildman–Crippen MR) is 108 cm³/mol. The van der Waals surface area contributed by atoms with E-state index in [-0.39, 0.29) is 0 Å². The van der Waals surface area contributed by atoms with Crippen molar-refractivity contribution in [2.75, 3.05) is 0 Å². The van der Waals surface area contributed by atoms with E-state index in [1.54, 1.807) is 0 Å². The molecule has 2 aromatic rings. The van der Waals surface area contributed by atoms with Crippen molar-refractivity contribution in [2.24, 2.45) is 5.41 Å². The Morgan fingerprint density at radius 3 is 1.67 bits per heavy atom. The van der Waals surface area contributed by atoms with Crippen molar-refractivity contribution in [1.82, 2.24) is 0 Å². The molecule has 24 heavy (non-hydrogen) atoms. The van der Waals surface area contributed by atoms with Crippen LogP contribution in [0, 0.1) is 5.41 Å². The van der Waals surface area contributed by atoms with Crippen molar-refractivity contribution >= 4 is 44.0 Å². The van der Waals surface area contributed by atoms with Gasteiger partial charge in [-0.25, -0.2) is 0 Å². The van der Waals surface area contributed by atoms with Crippen LogP contribution in [0.1, 0.15) is 53.4 Å². The first-order valence-corrected chi connectivity index (χ1v) is 10.2. The molecule has 0 N–H and O–H groups in total. The van der Waals surface area contributed by atoms with Gasteiger partial charge in [0.1, 0.15) is 0 Å². The van der Waals surface area contributed by atoms with Crippen molar-refractivity contribution in [2.45, 2.75) is 31.1 Å². The van der Waals surface area contributed by atoms with Crippen molar-refractivity contribution in [3.63, 3.8) is 0 Å². The van der Waals surface area contributed by atoms with Gasteiger partial charge in [-0.3, -0.25) is 0 Å². The van der Waals surface area contributed by atoms with Crippen LogP contribution >= 0.6 is 31.9 Å². The fraction of sp³-hybridized carbons (Fsp3) is 0.273. The zero-order chi connectivity index (χ0) is 16.3. The van der Waals surface area contributed by atoms with E-state index in [0.29, 0.717) is 17.3 Å². The first-order valence-electron chi connectivity index (χ1n) is 8.64. The number of hydrogen-bond donors (Lipinski definition) is 0. The van der Waals surface area contributed by atoms with Gasteiger partial charge in [0, 0.05) is 20.8 Å². The third kappa shape index (κ3) is 1.96. The monoisotopic (exact) mass is 440 g/mol. The third-order valence-electron chi connectivity index (χ3n) is 6.28. The van der Waals surface area contributed by atoms with Crippen LogP contribution in [0.2, 0.25) is 0 Å². The average Bonchev–Trinajstić information content (AvgIpc) is 3.14. The summed E-state index contributed by atoms with van der Waals surface area (Å²) in [7, 11) is 0. The molecular formula is C22H18Br2. The Morgan fingerprint density at radius 2 is 1.25 bits per heavy atom. The minimum absolute atomic E-state index is 0.338. The van der Waals surface area contributed by atoms with Crippen molar-refractivity contribution < 1.29 is 0 Å². The number of rotatable bonds is 2. The van der Waals surface area contributed by atoms with Crippen LogP contribution in [0.15, 0.2) is 57.5 Å². The molecule has 120 valence electrons. The molecule has 5 rings (SSSR count). The zero-order valence-electron chi connectivity index (χ0n) is 13.3. The molecule has 1 saturated carbocycles. The molecule has 1 fully saturated rings. The summed E-state index contributed by atoms with van der Waals surface area (Å²) in [4.78, 5) is 0. The molecule has 0 spiro atoms. The highest BCUT2D eigenvalue weighted by atomic mass is 79.9. The number of fused-ring (bicyclic) bond motifs is 2. The van der Waals surface area contributed by atoms with Crippen LogP contribution < -0.4 is 0 Å². The van der Waals surface area contributed by atoms with Crippen molar-refractivity contribution in [3.05, 3.63) is 79.7 Å². The summed E-state index contributed by atoms with van der Waals surface area (Å²) >= 11 is 7.46. The Hall–Kier alpha value is -1.12. The quantitative estimate of drug-likeness (QED) is 0.458. The van der Waals surface area contributed by atoms with Gasteiger partial charge in [0.05, 0.1) is 0 Å². The van der Waals surface area contributed by atoms with Gasteiger partial charge in [0.15, 0.2) is 0 Å². The molecule has 2 heteroatoms. The van der Waals surface area contributed by atoms with E-state index in [0.717, 1.165) is 0 Å². The number of hydrogen-bond acceptors (Lipinski definition) is 0. The van der Waals surface area contributed by atoms with Gasteiger partial charge < -0.3 is 0 Å². The fourth-order valence-corrected chi connectivity index (χ4v) is 6.02. The van der Waals surface area contributed by atoms with E-state index in [4.69, 9.17) is 0 Å². The maximum Gasteiger partial charge on any atom is 0.0250 e. The summed E-state index contributed by atoms with van der Waals surface area (Å²) in [6, 6.07) is 13.3. The minimum atomic E-state index is 0.338. The lowest BCUT2D eigenvalue weighted by Crippen LogP contribution is -2.39. The number of halogens is 2. The lowest BCUT2D eigenvalue weighted by molar-refractivity contribution is 0.0936. The molecule has 0 saturated heterocycles. The molecule has 0 aliphatic heterocycles. The molecule has 3 aliphatic rings. The second-order valence-corrected chi connectivity index (χ2v) is 8.95. The summed E-state index contributed by atoms with van der Waals surface area (Å²) in [5, 5.41) is 0. The summed E-state index contributed by atoms with van der Waals surface area (Å²) in [6.07, 6.45) is 13.5. The summed E-state index contributed by atoms with van der Waals surface area (Å²) in [5.74, 6) is 1.05. The molecule has 0 radical (unpaired) electrons. The second-order valence-electron chi connectivity index (χ2n) is 7.25. The second kappa shape index (κ2) is 5.44. The molecule has 2 aromatic carbocycles. The van der Waals surface area contributed by atoms with Crippen LogP contribution in [-0.4, -0.2) is 0 Å². The van der Waals surface area contributed by atoms with E-state index < -0.39 is 0 Å². The molecule has 3 aliphatic carbocycles. The van der Waals surface area contributed by atoms with Gasteiger partial charge in [-0.05, 0) is 52.6 Å². The van der Waals surface area contributed by atoms with Crippen LogP contribution in [0.3, 0.4) is 0 Å². The lowest BCUT2D eigenvalue weighted by atomic mass is 9.53. The van der Waals surface area contributed by atoms with Gasteiger partial charge in [0.2, 0.25) is 0 Å². The van der Waals surface area contributed by atoms with E-state index in [1.807, 2.05) is 0 Å². The van der Waals surface area contributed by atoms with Gasteiger partial charge in [-0.15, -0.1) is 0 Å². The first-order chi connectivity index (χ1) is 11.7. The molecule has 2 unspecified atom stereocenters. The maximum absolute atomic E-state index is 3.73. The molecule has 0 heterocycles. The van der Waals surface area contributed by atoms with Gasteiger partial charge in [-0.1, -0.05) is 86.9 Å². The third-order valence-corrected chi connectivity index (χ3v) is 7.66. The molecule has 0 bridgehead atoms. The van der Waals surface area contributed by atoms with Crippen LogP contribution in [0.5, 0.6) is 0 Å². The van der Waals surface area contributed by atoms with E-state index >= 15 is 0 Å². The Morgan fingerprint density at radius 1 is 0.750 bits per heavy atom. The minimum Gasteiger partial charge on any atom is -0.0757 e. The largest absolute Gasteiger partial charge is 0.0757 e. The van der Waals surface area contributed by atoms with Crippen LogP contribution in [-0.2, 0) is 0 Å². The van der Waals surface area contributed by atoms with Gasteiger partial charge >= 0.3 is 0 Å². The molecule has 0 amide bonds. The summed E-state index contributed by atoms with van der Waals surface area (Å²) in [6.45, 7) is 0. The number of benzene rings is 2. The Kier molecular flexibility index (Phi) is 3.44. The highest BCUT2D eigenvalue weighted by molar-refractivity contribution is 9.10. The summed E-state index contributed by atoms with van der Waals surface area (Å²) in [5.41, 5.74) is 6.10. The average molecular weight is 442 g/mol. The van der Waals surface area contributed by atoms with Crippen molar-refractivity contribution in [3.8, 4) is 0 Å². The first kappa shape index (κ1) is 15.2. The fourth-order valence-electron chi connectivity index (χ4n) is 5.00. The Labute approximate surface area is 159 Å². The van der Waals surface area contributed by atoms with Gasteiger partial charge in [-0.2, -0.15) is 0 Å². The predicted octanol–water partition coefficient (Wildman–Crippen LogP) is 7.30. The highest BCUT2D eigenvalue weighted by Crippen LogP contribution is 2.64. The smallest absolute Gasteiger partial charge is 0.0250 e. The van der Waals surface area contributed by atoms with Crippen LogP contribution in [0.25, 0.3) is 12.2 Å². The van der Waals surface area contributed by atoms with Crippen molar-refractivity contribution in [1.29, 1.82) is 0 Å². The molecular weight excluding hydrogens is 424 g/mol. The maximum atomic E-state index is 3.73. The Balaban J connectivity index is 1.62. The summed E-state index contributed by atoms with van der Waals surface area (Å²) < 4.78 is 2.44. The van der Waals surface area contributed by atoms with E-state index in [1.165, 1.54) is 50.5 Å². The zero-order valence-corrected chi connectivity index (χ0v) is 16.5. The topological polar surface area (TPSA) is 0 Å². The highest BCUT2D eigenvalue weighted by Gasteiger charge is 2.51. The number of allylic oxidation sites excluding steroid dienone is 2. The Bertz CT molecular complexity index is 817. The van der Waals surface area contributed by atoms with Crippen LogP contribution in [0.4, 0.5) is 0 Å². The SMILES string of the molecule is Brc1cccc2c1C=CC2C1(C2C=Cc3c(Br)cccc32)CCC1. The standard InChI is InChI=1S/C22H18Br2/c23-20-6-1-4-14-16(20)8-10-18(14)22(12-3-13-22)19-11-9-17-15(19)5-2-7-21(17)24/h1-2,4-11,18-19H,3,12-13H2.